The van der Waals surface area contributed by atoms with Crippen molar-refractivity contribution in [3.63, 3.8) is 0 Å². The first-order valence-corrected chi connectivity index (χ1v) is 17.1. The van der Waals surface area contributed by atoms with Crippen LogP contribution in [0.2, 0.25) is 0 Å². The zero-order chi connectivity index (χ0) is 32.5. The number of sulfonamides is 1. The molecule has 0 aliphatic carbocycles. The number of benzene rings is 1. The Labute approximate surface area is 269 Å². The Balaban J connectivity index is 1.18. The molecule has 0 spiro atoms. The number of amides is 1. The van der Waals surface area contributed by atoms with Gasteiger partial charge >= 0.3 is 0 Å². The van der Waals surface area contributed by atoms with Crippen LogP contribution in [0, 0.1) is 11.7 Å². The predicted molar refractivity (Wildman–Crippen MR) is 178 cm³/mol. The first kappa shape index (κ1) is 30.6. The van der Waals surface area contributed by atoms with Crippen LogP contribution in [0.25, 0.3) is 55.7 Å². The van der Waals surface area contributed by atoms with Gasteiger partial charge in [0, 0.05) is 52.8 Å². The van der Waals surface area contributed by atoms with Crippen molar-refractivity contribution >= 4 is 43.4 Å². The van der Waals surface area contributed by atoms with Crippen molar-refractivity contribution in [3.8, 4) is 33.9 Å². The molecule has 5 aromatic heterocycles. The number of hydrogen-bond acceptors (Lipinski definition) is 8. The van der Waals surface area contributed by atoms with Gasteiger partial charge in [0.25, 0.3) is 0 Å². The summed E-state index contributed by atoms with van der Waals surface area (Å²) in [5, 5.41) is 15.5. The molecule has 0 radical (unpaired) electrons. The van der Waals surface area contributed by atoms with Crippen molar-refractivity contribution in [1.29, 1.82) is 0 Å². The Morgan fingerprint density at radius 2 is 1.79 bits per heavy atom. The topological polar surface area (TPSA) is 170 Å². The van der Waals surface area contributed by atoms with Crippen molar-refractivity contribution in [1.82, 2.24) is 40.2 Å². The van der Waals surface area contributed by atoms with Crippen LogP contribution < -0.4 is 15.4 Å². The third kappa shape index (κ3) is 6.89. The van der Waals surface area contributed by atoms with Gasteiger partial charge in [0.1, 0.15) is 11.5 Å². The van der Waals surface area contributed by atoms with E-state index in [0.29, 0.717) is 51.9 Å². The van der Waals surface area contributed by atoms with Crippen LogP contribution in [0.15, 0.2) is 67.3 Å². The zero-order valence-electron chi connectivity index (χ0n) is 25.5. The maximum absolute atomic E-state index is 14.6. The van der Waals surface area contributed by atoms with Gasteiger partial charge < -0.3 is 15.6 Å². The van der Waals surface area contributed by atoms with Crippen molar-refractivity contribution in [2.75, 3.05) is 24.7 Å². The van der Waals surface area contributed by atoms with E-state index in [-0.39, 0.29) is 12.5 Å². The summed E-state index contributed by atoms with van der Waals surface area (Å²) >= 11 is 0. The number of aromatic amines is 2. The molecular formula is C33H32FN9O3S. The largest absolute Gasteiger partial charge is 0.353 e. The normalized spacial score (nSPS) is 14.2. The van der Waals surface area contributed by atoms with Crippen molar-refractivity contribution in [2.45, 2.75) is 25.8 Å². The first-order chi connectivity index (χ1) is 22.7. The number of fused-ring (bicyclic) bond motifs is 2. The second-order valence-electron chi connectivity index (χ2n) is 11.8. The van der Waals surface area contributed by atoms with Crippen LogP contribution in [0.3, 0.4) is 0 Å². The third-order valence-electron chi connectivity index (χ3n) is 8.27. The van der Waals surface area contributed by atoms with Crippen LogP contribution in [-0.2, 0) is 21.4 Å². The molecule has 5 N–H and O–H groups in total. The lowest BCUT2D eigenvalue weighted by Crippen LogP contribution is -2.30. The highest BCUT2D eigenvalue weighted by Crippen LogP contribution is 2.34. The highest BCUT2D eigenvalue weighted by atomic mass is 32.2. The van der Waals surface area contributed by atoms with E-state index in [4.69, 9.17) is 0 Å². The lowest BCUT2D eigenvalue weighted by atomic mass is 9.94. The molecule has 240 valence electrons. The van der Waals surface area contributed by atoms with E-state index in [1.807, 2.05) is 24.3 Å². The standard InChI is InChI=1S/C33H32FN9O3S/c1-47(45,46)39-15-20-8-21(11-23(34)9-20)32-25-14-29(41-27(25)4-7-37-32)33-26-13-28(38-18-30(26)42-43-33)22-12-24(17-36-16-22)40-31(44)10-19-2-5-35-6-3-19/h4,7-9,11-14,16-19,35,39,41H,2-3,5-6,10,15H2,1H3,(H,40,44)(H,42,43). The fourth-order valence-electron chi connectivity index (χ4n) is 6.00. The summed E-state index contributed by atoms with van der Waals surface area (Å²) in [4.78, 5) is 29.6. The number of aromatic nitrogens is 6. The molecule has 0 bridgehead atoms. The molecule has 1 aliphatic heterocycles. The molecule has 0 unspecified atom stereocenters. The zero-order valence-corrected chi connectivity index (χ0v) is 26.3. The lowest BCUT2D eigenvalue weighted by Gasteiger charge is -2.21. The van der Waals surface area contributed by atoms with Crippen LogP contribution in [-0.4, -0.2) is 63.8 Å². The SMILES string of the molecule is CS(=O)(=O)NCc1cc(F)cc(-c2nccc3[nH]c(-c4n[nH]c5cnc(-c6cncc(NC(=O)CC7CCNCC7)c6)cc45)cc23)c1. The molecule has 47 heavy (non-hydrogen) atoms. The number of nitrogens with zero attached hydrogens (tertiary/aromatic N) is 4. The Morgan fingerprint density at radius 3 is 2.62 bits per heavy atom. The van der Waals surface area contributed by atoms with E-state index in [1.54, 1.807) is 30.9 Å². The predicted octanol–water partition coefficient (Wildman–Crippen LogP) is 4.75. The smallest absolute Gasteiger partial charge is 0.224 e. The van der Waals surface area contributed by atoms with Crippen molar-refractivity contribution in [3.05, 3.63) is 78.6 Å². The average Bonchev–Trinajstić information content (AvgIpc) is 3.68. The summed E-state index contributed by atoms with van der Waals surface area (Å²) in [5.74, 6) is -0.146. The molecule has 0 saturated carbocycles. The fourth-order valence-corrected chi connectivity index (χ4v) is 6.43. The summed E-state index contributed by atoms with van der Waals surface area (Å²) in [6, 6.07) is 11.9. The number of rotatable bonds is 9. The van der Waals surface area contributed by atoms with Gasteiger partial charge in [-0.2, -0.15) is 5.10 Å². The Kier molecular flexibility index (Phi) is 8.22. The van der Waals surface area contributed by atoms with E-state index in [2.05, 4.69) is 45.5 Å². The second-order valence-corrected chi connectivity index (χ2v) is 13.7. The Morgan fingerprint density at radius 1 is 0.957 bits per heavy atom. The van der Waals surface area contributed by atoms with Gasteiger partial charge in [-0.3, -0.25) is 24.8 Å². The van der Waals surface area contributed by atoms with Gasteiger partial charge in [0.2, 0.25) is 15.9 Å². The number of piperidine rings is 1. The van der Waals surface area contributed by atoms with Gasteiger partial charge in [-0.05, 0) is 79.9 Å². The van der Waals surface area contributed by atoms with Crippen molar-refractivity contribution in [2.24, 2.45) is 5.92 Å². The molecule has 1 aliphatic rings. The number of H-pyrrole nitrogens is 2. The average molecular weight is 654 g/mol. The van der Waals surface area contributed by atoms with Crippen LogP contribution in [0.1, 0.15) is 24.8 Å². The second kappa shape index (κ2) is 12.6. The summed E-state index contributed by atoms with van der Waals surface area (Å²) in [6.45, 7) is 1.84. The lowest BCUT2D eigenvalue weighted by molar-refractivity contribution is -0.117. The first-order valence-electron chi connectivity index (χ1n) is 15.2. The molecule has 6 heterocycles. The van der Waals surface area contributed by atoms with Gasteiger partial charge in [-0.15, -0.1) is 0 Å². The summed E-state index contributed by atoms with van der Waals surface area (Å²) < 4.78 is 40.2. The van der Waals surface area contributed by atoms with E-state index in [9.17, 15) is 17.6 Å². The van der Waals surface area contributed by atoms with Gasteiger partial charge in [-0.1, -0.05) is 0 Å². The number of anilines is 1. The van der Waals surface area contributed by atoms with Crippen molar-refractivity contribution < 1.29 is 17.6 Å². The molecule has 1 saturated heterocycles. The van der Waals surface area contributed by atoms with E-state index < -0.39 is 15.8 Å². The summed E-state index contributed by atoms with van der Waals surface area (Å²) in [6.07, 6.45) is 10.2. The van der Waals surface area contributed by atoms with E-state index in [1.165, 1.54) is 12.1 Å². The molecule has 1 aromatic carbocycles. The maximum Gasteiger partial charge on any atom is 0.224 e. The maximum atomic E-state index is 14.6. The molecular weight excluding hydrogens is 621 g/mol. The minimum Gasteiger partial charge on any atom is -0.353 e. The number of halogens is 1. The highest BCUT2D eigenvalue weighted by molar-refractivity contribution is 7.88. The Hall–Kier alpha value is -5.05. The Bertz CT molecular complexity index is 2230. The highest BCUT2D eigenvalue weighted by Gasteiger charge is 2.19. The summed E-state index contributed by atoms with van der Waals surface area (Å²) in [5.41, 5.74) is 6.41. The van der Waals surface area contributed by atoms with Crippen LogP contribution in [0.5, 0.6) is 0 Å². The number of pyridine rings is 3. The van der Waals surface area contributed by atoms with Crippen LogP contribution in [0.4, 0.5) is 10.1 Å². The minimum atomic E-state index is -3.45. The fraction of sp³-hybridized carbons (Fsp3) is 0.242. The molecule has 1 fully saturated rings. The summed E-state index contributed by atoms with van der Waals surface area (Å²) in [7, 11) is -3.45. The molecule has 0 atom stereocenters. The third-order valence-corrected chi connectivity index (χ3v) is 8.94. The van der Waals surface area contributed by atoms with Gasteiger partial charge in [0.15, 0.2) is 0 Å². The van der Waals surface area contributed by atoms with E-state index >= 15 is 0 Å². The molecule has 7 rings (SSSR count). The van der Waals surface area contributed by atoms with Gasteiger partial charge in [0.05, 0.1) is 46.9 Å². The van der Waals surface area contributed by atoms with Crippen LogP contribution >= 0.6 is 0 Å². The minimum absolute atomic E-state index is 0.0240. The number of carbonyl (C=O) groups excluding carboxylic acids is 1. The number of nitrogens with one attached hydrogen (secondary N) is 5. The molecule has 12 nitrogen and oxygen atoms in total. The molecule has 6 aromatic rings. The van der Waals surface area contributed by atoms with Gasteiger partial charge in [-0.25, -0.2) is 17.5 Å². The number of hydrogen-bond donors (Lipinski definition) is 5. The monoisotopic (exact) mass is 653 g/mol. The number of carbonyl (C=O) groups is 1. The van der Waals surface area contributed by atoms with E-state index in [0.717, 1.165) is 59.6 Å². The molecule has 1 amide bonds. The molecule has 14 heteroatoms. The quantitative estimate of drug-likeness (QED) is 0.149.